The van der Waals surface area contributed by atoms with Gasteiger partial charge in [-0.1, -0.05) is 79.7 Å². The number of ether oxygens (including phenoxy) is 2. The Labute approximate surface area is 257 Å². The summed E-state index contributed by atoms with van der Waals surface area (Å²) in [5.41, 5.74) is -0.163. The van der Waals surface area contributed by atoms with Gasteiger partial charge in [-0.05, 0) is 49.8 Å². The molecule has 43 heavy (non-hydrogen) atoms. The van der Waals surface area contributed by atoms with Crippen LogP contribution in [0.1, 0.15) is 31.4 Å². The number of fused-ring (bicyclic) bond motifs is 1. The number of carbonyl (C=O) groups is 3. The number of para-hydroxylation sites is 1. The molecule has 5 rings (SSSR count). The van der Waals surface area contributed by atoms with Crippen LogP contribution in [0.4, 0.5) is 5.69 Å². The summed E-state index contributed by atoms with van der Waals surface area (Å²) in [6.07, 6.45) is 3.77. The van der Waals surface area contributed by atoms with Gasteiger partial charge < -0.3 is 24.4 Å². The van der Waals surface area contributed by atoms with Crippen LogP contribution in [0.2, 0.25) is 5.02 Å². The van der Waals surface area contributed by atoms with Gasteiger partial charge in [-0.25, -0.2) is 0 Å². The Morgan fingerprint density at radius 1 is 1.21 bits per heavy atom. The number of nitrogens with zero attached hydrogens (tertiary/aromatic N) is 2. The van der Waals surface area contributed by atoms with Gasteiger partial charge in [-0.2, -0.15) is 0 Å². The van der Waals surface area contributed by atoms with E-state index in [0.29, 0.717) is 23.6 Å². The topological polar surface area (TPSA) is 96.4 Å². The molecule has 228 valence electrons. The number of aliphatic hydroxyl groups excluding tert-OH is 1. The standard InChI is InChI=1S/C34H39ClN2O6/c1-6-16-36(28-21(3)12-11-15-25(28)35)31(40)29-34-19-22(4)33(5,43-34)27(32(41)42-17-7-2)26(34)30(39)37(29)24(20-38)18-23-13-9-8-10-14-23/h6-15,22,24,26-27,29,38H,1-2,16-20H2,3-5H3/t22?,24-,26+,27+,29?,33-,34?/m1/s1. The third-order valence-corrected chi connectivity index (χ3v) is 9.84. The molecule has 9 heteroatoms. The van der Waals surface area contributed by atoms with Crippen LogP contribution in [-0.4, -0.2) is 70.8 Å². The van der Waals surface area contributed by atoms with E-state index >= 15 is 0 Å². The number of hydrogen-bond donors (Lipinski definition) is 1. The molecule has 0 aliphatic carbocycles. The Hall–Kier alpha value is -3.46. The Balaban J connectivity index is 1.68. The fourth-order valence-electron chi connectivity index (χ4n) is 7.61. The summed E-state index contributed by atoms with van der Waals surface area (Å²) in [6, 6.07) is 13.0. The van der Waals surface area contributed by atoms with Gasteiger partial charge in [0.25, 0.3) is 5.91 Å². The summed E-state index contributed by atoms with van der Waals surface area (Å²) >= 11 is 6.67. The minimum absolute atomic E-state index is 0.00799. The average molecular weight is 607 g/mol. The Kier molecular flexibility index (Phi) is 8.58. The van der Waals surface area contributed by atoms with Gasteiger partial charge in [0.2, 0.25) is 5.91 Å². The highest BCUT2D eigenvalue weighted by Gasteiger charge is 2.80. The molecule has 3 unspecified atom stereocenters. The number of rotatable bonds is 11. The van der Waals surface area contributed by atoms with Crippen molar-refractivity contribution in [3.05, 3.63) is 90.0 Å². The van der Waals surface area contributed by atoms with E-state index in [-0.39, 0.29) is 19.1 Å². The van der Waals surface area contributed by atoms with Crippen molar-refractivity contribution in [3.63, 3.8) is 0 Å². The number of amides is 2. The normalized spacial score (nSPS) is 29.7. The first-order chi connectivity index (χ1) is 20.5. The molecule has 3 fully saturated rings. The van der Waals surface area contributed by atoms with Crippen LogP contribution in [-0.2, 0) is 30.3 Å². The van der Waals surface area contributed by atoms with Crippen molar-refractivity contribution in [2.24, 2.45) is 17.8 Å². The second-order valence-corrected chi connectivity index (χ2v) is 12.4. The average Bonchev–Trinajstić information content (AvgIpc) is 3.50. The van der Waals surface area contributed by atoms with Gasteiger partial charge in [-0.15, -0.1) is 6.58 Å². The number of halogens is 1. The predicted molar refractivity (Wildman–Crippen MR) is 165 cm³/mol. The van der Waals surface area contributed by atoms with Crippen LogP contribution in [0.25, 0.3) is 0 Å². The second-order valence-electron chi connectivity index (χ2n) is 12.0. The number of anilines is 1. The van der Waals surface area contributed by atoms with Crippen LogP contribution < -0.4 is 4.90 Å². The van der Waals surface area contributed by atoms with Crippen LogP contribution in [0, 0.1) is 24.7 Å². The zero-order chi connectivity index (χ0) is 31.1. The van der Waals surface area contributed by atoms with Gasteiger partial charge >= 0.3 is 5.97 Å². The number of esters is 1. The second kappa shape index (κ2) is 11.9. The van der Waals surface area contributed by atoms with Crippen molar-refractivity contribution < 1.29 is 29.0 Å². The summed E-state index contributed by atoms with van der Waals surface area (Å²) in [6.45, 7) is 12.9. The third-order valence-electron chi connectivity index (χ3n) is 9.54. The summed E-state index contributed by atoms with van der Waals surface area (Å²) < 4.78 is 12.3. The molecule has 2 amide bonds. The number of hydrogen-bond acceptors (Lipinski definition) is 6. The van der Waals surface area contributed by atoms with Crippen LogP contribution in [0.15, 0.2) is 73.8 Å². The molecule has 3 aliphatic heterocycles. The molecule has 2 bridgehead atoms. The van der Waals surface area contributed by atoms with Crippen molar-refractivity contribution in [1.82, 2.24) is 4.90 Å². The fourth-order valence-corrected chi connectivity index (χ4v) is 7.93. The van der Waals surface area contributed by atoms with Gasteiger partial charge in [0.05, 0.1) is 34.9 Å². The Bertz CT molecular complexity index is 1410. The van der Waals surface area contributed by atoms with Gasteiger partial charge in [0, 0.05) is 6.54 Å². The molecule has 0 saturated carbocycles. The van der Waals surface area contributed by atoms with E-state index in [4.69, 9.17) is 21.1 Å². The molecule has 0 radical (unpaired) electrons. The van der Waals surface area contributed by atoms with E-state index in [1.54, 1.807) is 12.1 Å². The molecule has 1 spiro atoms. The summed E-state index contributed by atoms with van der Waals surface area (Å²) in [7, 11) is 0. The lowest BCUT2D eigenvalue weighted by Crippen LogP contribution is -2.59. The van der Waals surface area contributed by atoms with E-state index in [0.717, 1.165) is 11.1 Å². The Morgan fingerprint density at radius 2 is 1.93 bits per heavy atom. The zero-order valence-electron chi connectivity index (χ0n) is 24.9. The molecular formula is C34H39ClN2O6. The maximum absolute atomic E-state index is 15.0. The smallest absolute Gasteiger partial charge is 0.313 e. The van der Waals surface area contributed by atoms with E-state index in [1.807, 2.05) is 63.2 Å². The van der Waals surface area contributed by atoms with E-state index in [9.17, 15) is 19.5 Å². The summed E-state index contributed by atoms with van der Waals surface area (Å²) in [4.78, 5) is 46.3. The first kappa shape index (κ1) is 31.0. The molecule has 3 saturated heterocycles. The zero-order valence-corrected chi connectivity index (χ0v) is 25.6. The molecule has 2 aromatic rings. The quantitative estimate of drug-likeness (QED) is 0.299. The van der Waals surface area contributed by atoms with E-state index < -0.39 is 59.5 Å². The molecule has 0 aromatic heterocycles. The van der Waals surface area contributed by atoms with Crippen molar-refractivity contribution in [2.75, 3.05) is 24.7 Å². The van der Waals surface area contributed by atoms with Crippen molar-refractivity contribution in [1.29, 1.82) is 0 Å². The number of carbonyl (C=O) groups excluding carboxylic acids is 3. The number of benzene rings is 2. The highest BCUT2D eigenvalue weighted by Crippen LogP contribution is 2.66. The minimum Gasteiger partial charge on any atom is -0.461 e. The maximum atomic E-state index is 15.0. The van der Waals surface area contributed by atoms with Gasteiger partial charge in [0.1, 0.15) is 24.2 Å². The van der Waals surface area contributed by atoms with Gasteiger partial charge in [-0.3, -0.25) is 14.4 Å². The monoisotopic (exact) mass is 606 g/mol. The van der Waals surface area contributed by atoms with Crippen molar-refractivity contribution >= 4 is 35.1 Å². The third kappa shape index (κ3) is 4.89. The lowest BCUT2D eigenvalue weighted by Gasteiger charge is -2.40. The van der Waals surface area contributed by atoms with Crippen molar-refractivity contribution in [2.45, 2.75) is 56.9 Å². The lowest BCUT2D eigenvalue weighted by molar-refractivity contribution is -0.161. The summed E-state index contributed by atoms with van der Waals surface area (Å²) in [5, 5.41) is 11.1. The SMILES string of the molecule is C=CCOC(=O)[C@@H]1[C@H]2C(=O)N([C@@H](CO)Cc3ccccc3)C(C(=O)N(CC=C)c3c(C)cccc3Cl)C23CC(C)[C@@]1(C)O3. The Morgan fingerprint density at radius 3 is 2.56 bits per heavy atom. The molecule has 8 nitrogen and oxygen atoms in total. The molecular weight excluding hydrogens is 568 g/mol. The molecule has 1 N–H and O–H groups in total. The predicted octanol–water partition coefficient (Wildman–Crippen LogP) is 4.51. The number of aryl methyl sites for hydroxylation is 1. The highest BCUT2D eigenvalue weighted by atomic mass is 35.5. The van der Waals surface area contributed by atoms with E-state index in [2.05, 4.69) is 13.2 Å². The number of likely N-dealkylation sites (tertiary alicyclic amines) is 1. The first-order valence-corrected chi connectivity index (χ1v) is 15.1. The van der Waals surface area contributed by atoms with Crippen LogP contribution in [0.5, 0.6) is 0 Å². The highest BCUT2D eigenvalue weighted by molar-refractivity contribution is 6.34. The van der Waals surface area contributed by atoms with Gasteiger partial charge in [0.15, 0.2) is 0 Å². The first-order valence-electron chi connectivity index (χ1n) is 14.7. The minimum atomic E-state index is -1.32. The maximum Gasteiger partial charge on any atom is 0.313 e. The molecule has 2 aromatic carbocycles. The molecule has 3 aliphatic rings. The van der Waals surface area contributed by atoms with Crippen LogP contribution in [0.3, 0.4) is 0 Å². The largest absolute Gasteiger partial charge is 0.461 e. The van der Waals surface area contributed by atoms with Crippen molar-refractivity contribution in [3.8, 4) is 0 Å². The molecule has 3 heterocycles. The summed E-state index contributed by atoms with van der Waals surface area (Å²) in [5.74, 6) is -3.44. The molecule has 7 atom stereocenters. The number of aliphatic hydroxyl groups is 1. The van der Waals surface area contributed by atoms with Crippen LogP contribution >= 0.6 is 11.6 Å². The fraction of sp³-hybridized carbons (Fsp3) is 0.441. The lowest BCUT2D eigenvalue weighted by atomic mass is 9.62. The van der Waals surface area contributed by atoms with E-state index in [1.165, 1.54) is 15.9 Å².